The van der Waals surface area contributed by atoms with Gasteiger partial charge >= 0.3 is 0 Å². The normalized spacial score (nSPS) is 25.1. The maximum absolute atomic E-state index is 12.2. The van der Waals surface area contributed by atoms with Gasteiger partial charge in [-0.05, 0) is 18.9 Å². The van der Waals surface area contributed by atoms with Gasteiger partial charge in [-0.1, -0.05) is 6.92 Å². The summed E-state index contributed by atoms with van der Waals surface area (Å²) in [6, 6.07) is 1.86. The summed E-state index contributed by atoms with van der Waals surface area (Å²) in [6.07, 6.45) is 2.78. The van der Waals surface area contributed by atoms with Crippen LogP contribution in [0.15, 0.2) is 12.3 Å². The van der Waals surface area contributed by atoms with Crippen LogP contribution in [-0.4, -0.2) is 44.4 Å². The molecule has 0 saturated carbocycles. The lowest BCUT2D eigenvalue weighted by molar-refractivity contribution is 0.0703. The first-order valence-electron chi connectivity index (χ1n) is 5.60. The van der Waals surface area contributed by atoms with E-state index in [2.05, 4.69) is 5.10 Å². The minimum Gasteiger partial charge on any atom is -0.391 e. The minimum absolute atomic E-state index is 0.0385. The van der Waals surface area contributed by atoms with Crippen LogP contribution in [0.4, 0.5) is 0 Å². The lowest BCUT2D eigenvalue weighted by Gasteiger charge is -2.23. The van der Waals surface area contributed by atoms with Crippen LogP contribution in [0.1, 0.15) is 30.3 Å². The number of β-amino-alcohol motifs (C(OH)–C–C–N with tert-alkyl or cyclic N) is 1. The highest BCUT2D eigenvalue weighted by atomic mass is 16.3. The van der Waals surface area contributed by atoms with Crippen LogP contribution in [0.25, 0.3) is 0 Å². The molecule has 1 aliphatic rings. The third kappa shape index (κ3) is 1.82. The van der Waals surface area contributed by atoms with Gasteiger partial charge in [0.05, 0.1) is 6.10 Å². The molecular formula is C11H17N3O2. The molecule has 0 bridgehead atoms. The Hall–Kier alpha value is -1.36. The second kappa shape index (κ2) is 4.25. The Morgan fingerprint density at radius 3 is 3.00 bits per heavy atom. The fourth-order valence-corrected chi connectivity index (χ4v) is 2.26. The van der Waals surface area contributed by atoms with E-state index in [1.54, 1.807) is 28.9 Å². The van der Waals surface area contributed by atoms with Crippen molar-refractivity contribution in [1.82, 2.24) is 14.7 Å². The van der Waals surface area contributed by atoms with Crippen molar-refractivity contribution in [1.29, 1.82) is 0 Å². The van der Waals surface area contributed by atoms with Crippen molar-refractivity contribution >= 4 is 5.91 Å². The zero-order valence-electron chi connectivity index (χ0n) is 9.63. The van der Waals surface area contributed by atoms with Crippen molar-refractivity contribution in [3.63, 3.8) is 0 Å². The predicted molar refractivity (Wildman–Crippen MR) is 58.9 cm³/mol. The number of rotatable bonds is 2. The standard InChI is InChI=1S/C11H17N3O2/c1-3-8-6-9(15)7-14(8)11(16)10-4-5-12-13(10)2/h4-5,8-9,15H,3,6-7H2,1-2H3/t8-,9-/m1/s1. The van der Waals surface area contributed by atoms with Crippen LogP contribution < -0.4 is 0 Å². The van der Waals surface area contributed by atoms with Gasteiger partial charge in [0.1, 0.15) is 5.69 Å². The quantitative estimate of drug-likeness (QED) is 0.789. The molecule has 88 valence electrons. The third-order valence-electron chi connectivity index (χ3n) is 3.16. The molecule has 16 heavy (non-hydrogen) atoms. The van der Waals surface area contributed by atoms with Gasteiger partial charge in [-0.2, -0.15) is 5.10 Å². The average molecular weight is 223 g/mol. The summed E-state index contributed by atoms with van der Waals surface area (Å²) in [7, 11) is 1.75. The number of likely N-dealkylation sites (tertiary alicyclic amines) is 1. The molecule has 1 N–H and O–H groups in total. The summed E-state index contributed by atoms with van der Waals surface area (Å²) < 4.78 is 1.57. The number of aliphatic hydroxyl groups excluding tert-OH is 1. The van der Waals surface area contributed by atoms with Crippen LogP contribution in [0.5, 0.6) is 0 Å². The van der Waals surface area contributed by atoms with Crippen molar-refractivity contribution in [2.75, 3.05) is 6.54 Å². The van der Waals surface area contributed by atoms with Crippen LogP contribution in [0.3, 0.4) is 0 Å². The van der Waals surface area contributed by atoms with Gasteiger partial charge in [-0.3, -0.25) is 9.48 Å². The van der Waals surface area contributed by atoms with Crippen molar-refractivity contribution in [2.24, 2.45) is 7.05 Å². The molecule has 1 amide bonds. The number of carbonyl (C=O) groups excluding carboxylic acids is 1. The first-order valence-corrected chi connectivity index (χ1v) is 5.60. The van der Waals surface area contributed by atoms with E-state index < -0.39 is 0 Å². The lowest BCUT2D eigenvalue weighted by atomic mass is 10.1. The molecule has 5 nitrogen and oxygen atoms in total. The second-order valence-corrected chi connectivity index (χ2v) is 4.25. The molecule has 1 aliphatic heterocycles. The highest BCUT2D eigenvalue weighted by molar-refractivity contribution is 5.93. The maximum Gasteiger partial charge on any atom is 0.272 e. The van der Waals surface area contributed by atoms with Gasteiger partial charge in [-0.15, -0.1) is 0 Å². The number of aryl methyl sites for hydroxylation is 1. The van der Waals surface area contributed by atoms with E-state index >= 15 is 0 Å². The van der Waals surface area contributed by atoms with Crippen molar-refractivity contribution < 1.29 is 9.90 Å². The molecule has 2 rings (SSSR count). The second-order valence-electron chi connectivity index (χ2n) is 4.25. The zero-order valence-corrected chi connectivity index (χ0v) is 9.63. The third-order valence-corrected chi connectivity index (χ3v) is 3.16. The summed E-state index contributed by atoms with van der Waals surface area (Å²) in [5, 5.41) is 13.6. The largest absolute Gasteiger partial charge is 0.391 e. The van der Waals surface area contributed by atoms with Gasteiger partial charge in [-0.25, -0.2) is 0 Å². The molecular weight excluding hydrogens is 206 g/mol. The molecule has 0 aliphatic carbocycles. The van der Waals surface area contributed by atoms with E-state index in [1.165, 1.54) is 0 Å². The van der Waals surface area contributed by atoms with Gasteiger partial charge in [0, 0.05) is 25.8 Å². The number of hydrogen-bond donors (Lipinski definition) is 1. The van der Waals surface area contributed by atoms with E-state index in [4.69, 9.17) is 0 Å². The van der Waals surface area contributed by atoms with Crippen molar-refractivity contribution in [3.05, 3.63) is 18.0 Å². The molecule has 0 aromatic carbocycles. The maximum atomic E-state index is 12.2. The first kappa shape index (κ1) is 11.1. The average Bonchev–Trinajstić information content (AvgIpc) is 2.83. The number of amides is 1. The first-order chi connectivity index (χ1) is 7.63. The van der Waals surface area contributed by atoms with E-state index in [9.17, 15) is 9.90 Å². The van der Waals surface area contributed by atoms with Gasteiger partial charge < -0.3 is 10.0 Å². The van der Waals surface area contributed by atoms with E-state index in [0.29, 0.717) is 18.7 Å². The summed E-state index contributed by atoms with van der Waals surface area (Å²) in [5.74, 6) is -0.0385. The molecule has 1 fully saturated rings. The Bertz CT molecular complexity index is 388. The summed E-state index contributed by atoms with van der Waals surface area (Å²) in [5.41, 5.74) is 0.576. The molecule has 2 heterocycles. The van der Waals surface area contributed by atoms with Gasteiger partial charge in [0.15, 0.2) is 0 Å². The monoisotopic (exact) mass is 223 g/mol. The van der Waals surface area contributed by atoms with E-state index in [-0.39, 0.29) is 18.1 Å². The Labute approximate surface area is 94.7 Å². The molecule has 0 spiro atoms. The van der Waals surface area contributed by atoms with Gasteiger partial charge in [0.25, 0.3) is 5.91 Å². The van der Waals surface area contributed by atoms with Crippen LogP contribution in [0, 0.1) is 0 Å². The Kier molecular flexibility index (Phi) is 2.96. The van der Waals surface area contributed by atoms with Crippen LogP contribution in [0.2, 0.25) is 0 Å². The van der Waals surface area contributed by atoms with Gasteiger partial charge in [0.2, 0.25) is 0 Å². The minimum atomic E-state index is -0.387. The molecule has 1 saturated heterocycles. The van der Waals surface area contributed by atoms with Crippen molar-refractivity contribution in [3.8, 4) is 0 Å². The van der Waals surface area contributed by atoms with E-state index in [1.807, 2.05) is 6.92 Å². The number of nitrogens with zero attached hydrogens (tertiary/aromatic N) is 3. The predicted octanol–water partition coefficient (Wildman–Crippen LogP) is 0.406. The summed E-state index contributed by atoms with van der Waals surface area (Å²) in [6.45, 7) is 2.47. The molecule has 2 atom stereocenters. The number of hydrogen-bond acceptors (Lipinski definition) is 3. The fraction of sp³-hybridized carbons (Fsp3) is 0.636. The SMILES string of the molecule is CC[C@@H]1C[C@@H](O)CN1C(=O)c1ccnn1C. The van der Waals surface area contributed by atoms with E-state index in [0.717, 1.165) is 6.42 Å². The molecule has 0 unspecified atom stereocenters. The Morgan fingerprint density at radius 1 is 1.69 bits per heavy atom. The smallest absolute Gasteiger partial charge is 0.272 e. The Balaban J connectivity index is 2.19. The molecule has 1 aromatic heterocycles. The number of aromatic nitrogens is 2. The van der Waals surface area contributed by atoms with Crippen LogP contribution >= 0.6 is 0 Å². The number of carbonyl (C=O) groups is 1. The zero-order chi connectivity index (χ0) is 11.7. The lowest BCUT2D eigenvalue weighted by Crippen LogP contribution is -2.36. The topological polar surface area (TPSA) is 58.4 Å². The number of aliphatic hydroxyl groups is 1. The molecule has 5 heteroatoms. The summed E-state index contributed by atoms with van der Waals surface area (Å²) in [4.78, 5) is 13.9. The molecule has 0 radical (unpaired) electrons. The fourth-order valence-electron chi connectivity index (χ4n) is 2.26. The highest BCUT2D eigenvalue weighted by Crippen LogP contribution is 2.22. The summed E-state index contributed by atoms with van der Waals surface area (Å²) >= 11 is 0. The van der Waals surface area contributed by atoms with Crippen molar-refractivity contribution in [2.45, 2.75) is 31.9 Å². The molecule has 1 aromatic rings. The van der Waals surface area contributed by atoms with Crippen LogP contribution in [-0.2, 0) is 7.05 Å². The Morgan fingerprint density at radius 2 is 2.44 bits per heavy atom. The highest BCUT2D eigenvalue weighted by Gasteiger charge is 2.34.